The van der Waals surface area contributed by atoms with Crippen molar-refractivity contribution in [2.24, 2.45) is 5.41 Å². The van der Waals surface area contributed by atoms with Crippen LogP contribution in [0, 0.1) is 5.41 Å². The SMILES string of the molecule is CCC(C)(CC(=O)OC(C)C(F)(F)F)OC(=O)C(C)(C)CC. The Morgan fingerprint density at radius 1 is 1.05 bits per heavy atom. The van der Waals surface area contributed by atoms with Gasteiger partial charge in [-0.15, -0.1) is 0 Å². The third kappa shape index (κ3) is 6.23. The van der Waals surface area contributed by atoms with Gasteiger partial charge in [-0.25, -0.2) is 0 Å². The summed E-state index contributed by atoms with van der Waals surface area (Å²) in [6, 6.07) is 0. The monoisotopic (exact) mass is 326 g/mol. The van der Waals surface area contributed by atoms with E-state index in [1.807, 2.05) is 6.92 Å². The largest absolute Gasteiger partial charge is 0.458 e. The van der Waals surface area contributed by atoms with Crippen molar-refractivity contribution in [1.29, 1.82) is 0 Å². The van der Waals surface area contributed by atoms with E-state index in [2.05, 4.69) is 4.74 Å². The lowest BCUT2D eigenvalue weighted by atomic mass is 9.89. The maximum absolute atomic E-state index is 12.4. The fourth-order valence-corrected chi connectivity index (χ4v) is 1.35. The number of ether oxygens (including phenoxy) is 2. The van der Waals surface area contributed by atoms with Gasteiger partial charge in [0.25, 0.3) is 0 Å². The van der Waals surface area contributed by atoms with Crippen molar-refractivity contribution in [1.82, 2.24) is 0 Å². The standard InChI is InChI=1S/C15H25F3O4/c1-7-13(4,5)12(20)22-14(6,8-2)9-11(19)21-10(3)15(16,17)18/h10H,7-9H2,1-6H3. The van der Waals surface area contributed by atoms with Crippen LogP contribution in [0.1, 0.15) is 60.8 Å². The van der Waals surface area contributed by atoms with Gasteiger partial charge in [0.1, 0.15) is 5.60 Å². The first-order valence-corrected chi connectivity index (χ1v) is 7.27. The van der Waals surface area contributed by atoms with Gasteiger partial charge in [-0.2, -0.15) is 13.2 Å². The van der Waals surface area contributed by atoms with Gasteiger partial charge in [0.2, 0.25) is 0 Å². The molecular weight excluding hydrogens is 301 g/mol. The molecule has 2 atom stereocenters. The molecule has 0 fully saturated rings. The molecule has 0 amide bonds. The van der Waals surface area contributed by atoms with Crippen LogP contribution in [0.25, 0.3) is 0 Å². The molecule has 0 saturated carbocycles. The van der Waals surface area contributed by atoms with Crippen molar-refractivity contribution in [3.8, 4) is 0 Å². The molecule has 0 saturated heterocycles. The number of hydrogen-bond donors (Lipinski definition) is 0. The number of carbonyl (C=O) groups excluding carboxylic acids is 2. The van der Waals surface area contributed by atoms with Crippen molar-refractivity contribution < 1.29 is 32.2 Å². The Kier molecular flexibility index (Phi) is 6.91. The van der Waals surface area contributed by atoms with E-state index in [9.17, 15) is 22.8 Å². The van der Waals surface area contributed by atoms with Crippen LogP contribution in [-0.4, -0.2) is 29.8 Å². The molecule has 0 spiro atoms. The van der Waals surface area contributed by atoms with Gasteiger partial charge in [-0.3, -0.25) is 9.59 Å². The highest BCUT2D eigenvalue weighted by Gasteiger charge is 2.41. The molecule has 130 valence electrons. The van der Waals surface area contributed by atoms with Gasteiger partial charge >= 0.3 is 18.1 Å². The molecular formula is C15H25F3O4. The molecule has 7 heteroatoms. The summed E-state index contributed by atoms with van der Waals surface area (Å²) in [5.74, 6) is -1.53. The van der Waals surface area contributed by atoms with Crippen molar-refractivity contribution in [2.45, 2.75) is 78.7 Å². The van der Waals surface area contributed by atoms with Gasteiger partial charge in [0.05, 0.1) is 11.8 Å². The van der Waals surface area contributed by atoms with Crippen molar-refractivity contribution >= 4 is 11.9 Å². The molecule has 2 unspecified atom stereocenters. The summed E-state index contributed by atoms with van der Waals surface area (Å²) in [6.45, 7) is 9.19. The highest BCUT2D eigenvalue weighted by molar-refractivity contribution is 5.77. The van der Waals surface area contributed by atoms with E-state index in [1.165, 1.54) is 6.92 Å². The molecule has 0 heterocycles. The Labute approximate surface area is 129 Å². The van der Waals surface area contributed by atoms with E-state index in [1.54, 1.807) is 20.8 Å². The first-order chi connectivity index (χ1) is 9.77. The van der Waals surface area contributed by atoms with Crippen LogP contribution in [0.2, 0.25) is 0 Å². The zero-order valence-corrected chi connectivity index (χ0v) is 14.0. The topological polar surface area (TPSA) is 52.6 Å². The summed E-state index contributed by atoms with van der Waals surface area (Å²) in [5.41, 5.74) is -1.91. The predicted octanol–water partition coefficient (Wildman–Crippen LogP) is 4.02. The highest BCUT2D eigenvalue weighted by Crippen LogP contribution is 2.29. The zero-order chi connectivity index (χ0) is 17.8. The van der Waals surface area contributed by atoms with Gasteiger partial charge < -0.3 is 9.47 Å². The third-order valence-corrected chi connectivity index (χ3v) is 3.81. The maximum Gasteiger partial charge on any atom is 0.425 e. The van der Waals surface area contributed by atoms with Crippen molar-refractivity contribution in [3.63, 3.8) is 0 Å². The second kappa shape index (κ2) is 7.33. The van der Waals surface area contributed by atoms with E-state index in [-0.39, 0.29) is 6.42 Å². The van der Waals surface area contributed by atoms with Gasteiger partial charge in [0, 0.05) is 0 Å². The number of carbonyl (C=O) groups is 2. The van der Waals surface area contributed by atoms with Crippen molar-refractivity contribution in [2.75, 3.05) is 0 Å². The second-order valence-electron chi connectivity index (χ2n) is 6.28. The summed E-state index contributed by atoms with van der Waals surface area (Å²) in [4.78, 5) is 23.7. The van der Waals surface area contributed by atoms with Crippen molar-refractivity contribution in [3.05, 3.63) is 0 Å². The first kappa shape index (κ1) is 20.7. The van der Waals surface area contributed by atoms with Crippen LogP contribution in [-0.2, 0) is 19.1 Å². The van der Waals surface area contributed by atoms with Crippen LogP contribution in [0.15, 0.2) is 0 Å². The fourth-order valence-electron chi connectivity index (χ4n) is 1.35. The molecule has 4 nitrogen and oxygen atoms in total. The van der Waals surface area contributed by atoms with Crippen LogP contribution in [0.3, 0.4) is 0 Å². The third-order valence-electron chi connectivity index (χ3n) is 3.81. The Hall–Kier alpha value is -1.27. The molecule has 0 aromatic heterocycles. The summed E-state index contributed by atoms with van der Waals surface area (Å²) in [5, 5.41) is 0. The van der Waals surface area contributed by atoms with E-state index in [0.29, 0.717) is 6.42 Å². The number of alkyl halides is 3. The smallest absolute Gasteiger partial charge is 0.425 e. The highest BCUT2D eigenvalue weighted by atomic mass is 19.4. The van der Waals surface area contributed by atoms with E-state index >= 15 is 0 Å². The number of halogens is 3. The minimum absolute atomic E-state index is 0.286. The molecule has 0 radical (unpaired) electrons. The van der Waals surface area contributed by atoms with E-state index < -0.39 is 41.7 Å². The maximum atomic E-state index is 12.4. The lowest BCUT2D eigenvalue weighted by Gasteiger charge is -2.32. The van der Waals surface area contributed by atoms with Gasteiger partial charge in [-0.05, 0) is 40.5 Å². The minimum atomic E-state index is -4.61. The van der Waals surface area contributed by atoms with Crippen LogP contribution >= 0.6 is 0 Å². The molecule has 22 heavy (non-hydrogen) atoms. The average molecular weight is 326 g/mol. The van der Waals surface area contributed by atoms with Crippen LogP contribution < -0.4 is 0 Å². The molecule has 0 rings (SSSR count). The Morgan fingerprint density at radius 3 is 1.91 bits per heavy atom. The Morgan fingerprint density at radius 2 is 1.55 bits per heavy atom. The Balaban J connectivity index is 4.82. The van der Waals surface area contributed by atoms with Gasteiger partial charge in [0.15, 0.2) is 6.10 Å². The molecule has 0 bridgehead atoms. The lowest BCUT2D eigenvalue weighted by Crippen LogP contribution is -2.40. The fraction of sp³-hybridized carbons (Fsp3) is 0.867. The lowest BCUT2D eigenvalue weighted by molar-refractivity contribution is -0.219. The predicted molar refractivity (Wildman–Crippen MR) is 75.1 cm³/mol. The number of hydrogen-bond acceptors (Lipinski definition) is 4. The molecule has 0 aliphatic rings. The summed E-state index contributed by atoms with van der Waals surface area (Å²) in [7, 11) is 0. The zero-order valence-electron chi connectivity index (χ0n) is 14.0. The normalized spacial score (nSPS) is 16.6. The van der Waals surface area contributed by atoms with E-state index in [4.69, 9.17) is 4.74 Å². The first-order valence-electron chi connectivity index (χ1n) is 7.27. The second-order valence-corrected chi connectivity index (χ2v) is 6.28. The van der Waals surface area contributed by atoms with Gasteiger partial charge in [-0.1, -0.05) is 13.8 Å². The summed E-state index contributed by atoms with van der Waals surface area (Å²) < 4.78 is 46.8. The molecule has 0 aromatic carbocycles. The summed E-state index contributed by atoms with van der Waals surface area (Å²) in [6.07, 6.45) is -6.40. The molecule has 0 aromatic rings. The van der Waals surface area contributed by atoms with E-state index in [0.717, 1.165) is 6.92 Å². The quantitative estimate of drug-likeness (QED) is 0.663. The van der Waals surface area contributed by atoms with Crippen LogP contribution in [0.5, 0.6) is 0 Å². The average Bonchev–Trinajstić information content (AvgIpc) is 2.36. The minimum Gasteiger partial charge on any atom is -0.458 e. The molecule has 0 aliphatic carbocycles. The summed E-state index contributed by atoms with van der Waals surface area (Å²) >= 11 is 0. The number of rotatable bonds is 7. The molecule has 0 aliphatic heterocycles. The Bertz CT molecular complexity index is 404. The molecule has 0 N–H and O–H groups in total. The number of esters is 2. The van der Waals surface area contributed by atoms with Crippen LogP contribution in [0.4, 0.5) is 13.2 Å².